The summed E-state index contributed by atoms with van der Waals surface area (Å²) in [5.74, 6) is -0.781. The normalized spacial score (nSPS) is 15.3. The van der Waals surface area contributed by atoms with E-state index in [0.717, 1.165) is 0 Å². The monoisotopic (exact) mass is 404 g/mol. The Morgan fingerprint density at radius 2 is 1.83 bits per heavy atom. The van der Waals surface area contributed by atoms with Crippen molar-refractivity contribution < 1.29 is 19.1 Å². The van der Waals surface area contributed by atoms with Crippen LogP contribution < -0.4 is 16.4 Å². The van der Waals surface area contributed by atoms with Gasteiger partial charge >= 0.3 is 12.0 Å². The van der Waals surface area contributed by atoms with E-state index in [1.165, 1.54) is 7.11 Å². The number of carbonyl (C=O) groups excluding carboxylic acids is 2. The third kappa shape index (κ3) is 4.97. The van der Waals surface area contributed by atoms with E-state index in [1.807, 2.05) is 18.2 Å². The molecule has 0 spiro atoms. The number of esters is 1. The minimum atomic E-state index is -0.526. The molecule has 1 unspecified atom stereocenters. The zero-order valence-electron chi connectivity index (χ0n) is 16.2. The highest BCUT2D eigenvalue weighted by Crippen LogP contribution is 2.34. The summed E-state index contributed by atoms with van der Waals surface area (Å²) in [4.78, 5) is 23.8. The molecule has 2 amide bonds. The number of urea groups is 1. The van der Waals surface area contributed by atoms with Crippen LogP contribution in [-0.4, -0.2) is 19.1 Å². The maximum absolute atomic E-state index is 12.3. The number of nitrogens with zero attached hydrogens (tertiary/aromatic N) is 1. The first-order chi connectivity index (χ1) is 14.5. The number of amides is 2. The Hall–Kier alpha value is -4.25. The van der Waals surface area contributed by atoms with Crippen LogP contribution in [0.3, 0.4) is 0 Å². The van der Waals surface area contributed by atoms with Crippen molar-refractivity contribution in [2.75, 3.05) is 17.7 Å². The second-order valence-electron chi connectivity index (χ2n) is 6.43. The van der Waals surface area contributed by atoms with Gasteiger partial charge < -0.3 is 25.8 Å². The third-order valence-electron chi connectivity index (χ3n) is 4.37. The predicted octanol–water partition coefficient (Wildman–Crippen LogP) is 3.59. The Kier molecular flexibility index (Phi) is 6.35. The van der Waals surface area contributed by atoms with Gasteiger partial charge in [0.2, 0.25) is 5.88 Å². The third-order valence-corrected chi connectivity index (χ3v) is 4.37. The number of hydrogen-bond donors (Lipinski definition) is 3. The number of ether oxygens (including phenoxy) is 2. The Labute approximate surface area is 173 Å². The van der Waals surface area contributed by atoms with E-state index in [9.17, 15) is 14.9 Å². The van der Waals surface area contributed by atoms with Crippen molar-refractivity contribution in [3.05, 3.63) is 83.5 Å². The summed E-state index contributed by atoms with van der Waals surface area (Å²) in [6.45, 7) is 0. The lowest BCUT2D eigenvalue weighted by Gasteiger charge is -2.23. The first kappa shape index (κ1) is 20.5. The first-order valence-corrected chi connectivity index (χ1v) is 9.08. The van der Waals surface area contributed by atoms with Crippen molar-refractivity contribution in [3.63, 3.8) is 0 Å². The molecule has 0 fully saturated rings. The summed E-state index contributed by atoms with van der Waals surface area (Å²) in [5.41, 5.74) is 8.01. The average molecular weight is 404 g/mol. The van der Waals surface area contributed by atoms with Gasteiger partial charge in [0.1, 0.15) is 23.8 Å². The number of allylic oxidation sites excluding steroid dienone is 2. The maximum atomic E-state index is 12.3. The van der Waals surface area contributed by atoms with E-state index in [1.54, 1.807) is 42.5 Å². The molecular formula is C22H20N4O4. The molecule has 0 aliphatic carbocycles. The fraction of sp³-hybridized carbons (Fsp3) is 0.136. The molecule has 152 valence electrons. The van der Waals surface area contributed by atoms with Crippen LogP contribution in [0.4, 0.5) is 16.2 Å². The van der Waals surface area contributed by atoms with Crippen molar-refractivity contribution >= 4 is 23.4 Å². The summed E-state index contributed by atoms with van der Waals surface area (Å²) < 4.78 is 10.0. The van der Waals surface area contributed by atoms with Gasteiger partial charge in [-0.2, -0.15) is 5.26 Å². The molecule has 30 heavy (non-hydrogen) atoms. The zero-order chi connectivity index (χ0) is 21.5. The Balaban J connectivity index is 1.81. The highest BCUT2D eigenvalue weighted by molar-refractivity contribution is 5.99. The molecule has 0 radical (unpaired) electrons. The van der Waals surface area contributed by atoms with Crippen LogP contribution in [0, 0.1) is 11.3 Å². The molecule has 2 aromatic carbocycles. The summed E-state index contributed by atoms with van der Waals surface area (Å²) in [6, 6.07) is 17.7. The van der Waals surface area contributed by atoms with Crippen LogP contribution in [0.1, 0.15) is 17.9 Å². The van der Waals surface area contributed by atoms with E-state index in [2.05, 4.69) is 21.4 Å². The molecular weight excluding hydrogens is 384 g/mol. The fourth-order valence-corrected chi connectivity index (χ4v) is 2.97. The summed E-state index contributed by atoms with van der Waals surface area (Å²) in [5, 5.41) is 15.0. The quantitative estimate of drug-likeness (QED) is 0.654. The first-order valence-electron chi connectivity index (χ1n) is 9.08. The second-order valence-corrected chi connectivity index (χ2v) is 6.43. The molecule has 8 nitrogen and oxygen atoms in total. The number of nitrogens with one attached hydrogen (secondary N) is 2. The van der Waals surface area contributed by atoms with E-state index >= 15 is 0 Å². The van der Waals surface area contributed by atoms with Crippen LogP contribution >= 0.6 is 0 Å². The number of benzene rings is 2. The summed E-state index contributed by atoms with van der Waals surface area (Å²) in [7, 11) is 1.28. The van der Waals surface area contributed by atoms with Crippen molar-refractivity contribution in [2.45, 2.75) is 12.3 Å². The number of para-hydroxylation sites is 1. The van der Waals surface area contributed by atoms with Crippen molar-refractivity contribution in [2.24, 2.45) is 5.73 Å². The molecule has 1 aliphatic rings. The summed E-state index contributed by atoms with van der Waals surface area (Å²) in [6.07, 6.45) is 1.54. The average Bonchev–Trinajstić information content (AvgIpc) is 2.74. The Bertz CT molecular complexity index is 1050. The molecule has 1 atom stereocenters. The molecule has 3 rings (SSSR count). The fourth-order valence-electron chi connectivity index (χ4n) is 2.97. The van der Waals surface area contributed by atoms with Gasteiger partial charge in [-0.05, 0) is 35.9 Å². The zero-order valence-corrected chi connectivity index (χ0v) is 16.2. The molecule has 0 bridgehead atoms. The lowest BCUT2D eigenvalue weighted by Crippen LogP contribution is -2.20. The molecule has 8 heteroatoms. The topological polar surface area (TPSA) is 126 Å². The van der Waals surface area contributed by atoms with Gasteiger partial charge in [0, 0.05) is 17.3 Å². The molecule has 1 aliphatic heterocycles. The minimum Gasteiger partial charge on any atom is -0.469 e. The van der Waals surface area contributed by atoms with E-state index in [0.29, 0.717) is 22.7 Å². The van der Waals surface area contributed by atoms with Crippen molar-refractivity contribution in [3.8, 4) is 6.07 Å². The number of nitrogens with two attached hydrogens (primary N) is 1. The Morgan fingerprint density at radius 3 is 2.53 bits per heavy atom. The van der Waals surface area contributed by atoms with Crippen LogP contribution in [0.5, 0.6) is 0 Å². The molecule has 1 heterocycles. The lowest BCUT2D eigenvalue weighted by molar-refractivity contribution is -0.140. The number of carbonyl (C=O) groups is 2. The lowest BCUT2D eigenvalue weighted by atomic mass is 9.89. The number of hydrogen-bond acceptors (Lipinski definition) is 6. The smallest absolute Gasteiger partial charge is 0.323 e. The molecule has 2 aromatic rings. The van der Waals surface area contributed by atoms with Crippen LogP contribution in [0.25, 0.3) is 0 Å². The van der Waals surface area contributed by atoms with Gasteiger partial charge in [0.15, 0.2) is 0 Å². The van der Waals surface area contributed by atoms with Gasteiger partial charge in [0.05, 0.1) is 7.11 Å². The van der Waals surface area contributed by atoms with Crippen molar-refractivity contribution in [1.82, 2.24) is 0 Å². The molecule has 0 aromatic heterocycles. The SMILES string of the molecule is COC(=O)CC1=CC(c2cccc(NC(=O)Nc3ccccc3)c2)C(C#N)=C(N)O1. The molecule has 4 N–H and O–H groups in total. The number of rotatable bonds is 5. The highest BCUT2D eigenvalue weighted by atomic mass is 16.5. The van der Waals surface area contributed by atoms with Gasteiger partial charge in [0.25, 0.3) is 0 Å². The van der Waals surface area contributed by atoms with Crippen LogP contribution in [0.2, 0.25) is 0 Å². The highest BCUT2D eigenvalue weighted by Gasteiger charge is 2.26. The number of anilines is 2. The van der Waals surface area contributed by atoms with Gasteiger partial charge in [-0.15, -0.1) is 0 Å². The van der Waals surface area contributed by atoms with E-state index in [-0.39, 0.29) is 17.9 Å². The minimum absolute atomic E-state index is 0.0657. The second kappa shape index (κ2) is 9.30. The number of nitriles is 1. The number of methoxy groups -OCH3 is 1. The van der Waals surface area contributed by atoms with Gasteiger partial charge in [-0.25, -0.2) is 4.79 Å². The predicted molar refractivity (Wildman–Crippen MR) is 111 cm³/mol. The van der Waals surface area contributed by atoms with Gasteiger partial charge in [-0.3, -0.25) is 4.79 Å². The van der Waals surface area contributed by atoms with Crippen LogP contribution in [0.15, 0.2) is 77.9 Å². The van der Waals surface area contributed by atoms with Gasteiger partial charge in [-0.1, -0.05) is 30.3 Å². The Morgan fingerprint density at radius 1 is 1.13 bits per heavy atom. The van der Waals surface area contributed by atoms with Crippen molar-refractivity contribution in [1.29, 1.82) is 5.26 Å². The van der Waals surface area contributed by atoms with E-state index < -0.39 is 17.9 Å². The maximum Gasteiger partial charge on any atom is 0.323 e. The van der Waals surface area contributed by atoms with Crippen LogP contribution in [-0.2, 0) is 14.3 Å². The summed E-state index contributed by atoms with van der Waals surface area (Å²) >= 11 is 0. The standard InChI is InChI=1S/C22H20N4O4/c1-29-20(27)12-17-11-18(19(13-23)21(24)30-17)14-6-5-9-16(10-14)26-22(28)25-15-7-3-2-4-8-15/h2-11,18H,12,24H2,1H3,(H2,25,26,28). The molecule has 0 saturated carbocycles. The molecule has 0 saturated heterocycles. The van der Waals surface area contributed by atoms with E-state index in [4.69, 9.17) is 10.5 Å². The largest absolute Gasteiger partial charge is 0.469 e.